The molecule has 1 aromatic carbocycles. The van der Waals surface area contributed by atoms with Crippen LogP contribution in [0.5, 0.6) is 5.75 Å². The molecule has 0 aliphatic carbocycles. The largest absolute Gasteiger partial charge is 0.435 e. The van der Waals surface area contributed by atoms with Gasteiger partial charge in [-0.05, 0) is 25.1 Å². The maximum absolute atomic E-state index is 14.4. The second kappa shape index (κ2) is 9.04. The number of carbonyl (C=O) groups is 2. The molecule has 0 bridgehead atoms. The molecule has 2 aromatic rings. The van der Waals surface area contributed by atoms with Gasteiger partial charge in [0, 0.05) is 18.2 Å². The highest BCUT2D eigenvalue weighted by atomic mass is 19.3. The Hall–Kier alpha value is -3.34. The Bertz CT molecular complexity index is 866. The van der Waals surface area contributed by atoms with Crippen molar-refractivity contribution in [2.24, 2.45) is 11.6 Å². The fraction of sp³-hybridized carbons (Fsp3) is 0.235. The summed E-state index contributed by atoms with van der Waals surface area (Å²) in [5, 5.41) is 3.65. The summed E-state index contributed by atoms with van der Waals surface area (Å²) >= 11 is 0. The van der Waals surface area contributed by atoms with Crippen LogP contribution in [0.15, 0.2) is 30.3 Å². The molecule has 1 heterocycles. The van der Waals surface area contributed by atoms with Gasteiger partial charge in [0.25, 0.3) is 5.91 Å². The number of benzene rings is 1. The van der Waals surface area contributed by atoms with E-state index in [9.17, 15) is 22.8 Å². The summed E-state index contributed by atoms with van der Waals surface area (Å²) in [6.45, 7) is -1.44. The van der Waals surface area contributed by atoms with E-state index in [0.717, 1.165) is 11.1 Å². The fourth-order valence-corrected chi connectivity index (χ4v) is 2.29. The minimum absolute atomic E-state index is 0.0188. The molecule has 0 saturated heterocycles. The number of nitrogens with zero attached hydrogens (tertiary/aromatic N) is 2. The van der Waals surface area contributed by atoms with E-state index in [0.29, 0.717) is 6.29 Å². The molecular weight excluding hydrogens is 379 g/mol. The molecule has 2 rings (SSSR count). The maximum Gasteiger partial charge on any atom is 0.387 e. The average Bonchev–Trinajstić information content (AvgIpc) is 2.62. The summed E-state index contributed by atoms with van der Waals surface area (Å²) in [7, 11) is 0. The van der Waals surface area contributed by atoms with E-state index in [2.05, 4.69) is 15.0 Å². The number of alkyl halides is 2. The Morgan fingerprint density at radius 2 is 2.11 bits per heavy atom. The van der Waals surface area contributed by atoms with Gasteiger partial charge in [0.1, 0.15) is 17.9 Å². The van der Waals surface area contributed by atoms with Gasteiger partial charge in [0.15, 0.2) is 11.6 Å². The molecular formula is C17H18F3N5O3. The first-order valence-corrected chi connectivity index (χ1v) is 8.02. The lowest BCUT2D eigenvalue weighted by atomic mass is 10.2. The van der Waals surface area contributed by atoms with Crippen LogP contribution in [0.4, 0.5) is 30.5 Å². The second-order valence-electron chi connectivity index (χ2n) is 5.74. The van der Waals surface area contributed by atoms with E-state index in [4.69, 9.17) is 11.6 Å². The Balaban J connectivity index is 2.43. The number of nitrogens with one attached hydrogen (secondary N) is 1. The van der Waals surface area contributed by atoms with E-state index >= 15 is 0 Å². The lowest BCUT2D eigenvalue weighted by Gasteiger charge is -2.25. The highest BCUT2D eigenvalue weighted by Gasteiger charge is 2.21. The monoisotopic (exact) mass is 397 g/mol. The van der Waals surface area contributed by atoms with Gasteiger partial charge in [-0.3, -0.25) is 9.80 Å². The number of hydrogen-bond acceptors (Lipinski definition) is 7. The molecule has 11 heteroatoms. The number of hydrogen-bond donors (Lipinski definition) is 3. The van der Waals surface area contributed by atoms with Crippen molar-refractivity contribution in [3.8, 4) is 5.75 Å². The number of rotatable bonds is 9. The van der Waals surface area contributed by atoms with Crippen molar-refractivity contribution < 1.29 is 27.5 Å². The third kappa shape index (κ3) is 5.10. The van der Waals surface area contributed by atoms with Crippen LogP contribution >= 0.6 is 0 Å². The molecule has 0 saturated carbocycles. The predicted molar refractivity (Wildman–Crippen MR) is 95.9 cm³/mol. The standard InChI is InChI=1S/C17H18F3N5O3/c1-9(5-6-26)25(22)16-13(18)8-12(14(21)27)15(24-16)23-10-3-2-4-11(7-10)28-17(19)20/h2-4,6-9,17H,5,22H2,1H3,(H2,21,27)(H,23,24). The molecule has 1 amide bonds. The number of carbonyl (C=O) groups excluding carboxylic acids is 2. The van der Waals surface area contributed by atoms with Crippen LogP contribution in [0.3, 0.4) is 0 Å². The van der Waals surface area contributed by atoms with E-state index in [1.165, 1.54) is 24.3 Å². The molecule has 0 fully saturated rings. The summed E-state index contributed by atoms with van der Waals surface area (Å²) in [6, 6.07) is 5.73. The third-order valence-electron chi connectivity index (χ3n) is 3.70. The van der Waals surface area contributed by atoms with Crippen LogP contribution in [-0.4, -0.2) is 29.8 Å². The van der Waals surface area contributed by atoms with Gasteiger partial charge in [0.2, 0.25) is 0 Å². The van der Waals surface area contributed by atoms with Gasteiger partial charge in [-0.1, -0.05) is 6.07 Å². The minimum atomic E-state index is -3.02. The number of hydrazine groups is 1. The number of aromatic nitrogens is 1. The van der Waals surface area contributed by atoms with E-state index in [-0.39, 0.29) is 35.1 Å². The molecule has 150 valence electrons. The zero-order valence-corrected chi connectivity index (χ0v) is 14.7. The Morgan fingerprint density at radius 1 is 1.39 bits per heavy atom. The molecule has 0 aliphatic rings. The number of pyridine rings is 1. The van der Waals surface area contributed by atoms with Gasteiger partial charge in [-0.2, -0.15) is 8.78 Å². The highest BCUT2D eigenvalue weighted by molar-refractivity contribution is 5.98. The van der Waals surface area contributed by atoms with Crippen molar-refractivity contribution in [1.29, 1.82) is 0 Å². The molecule has 0 aliphatic heterocycles. The van der Waals surface area contributed by atoms with Gasteiger partial charge in [-0.25, -0.2) is 15.2 Å². The Morgan fingerprint density at radius 3 is 2.71 bits per heavy atom. The Labute approximate surface area is 158 Å². The number of nitrogens with two attached hydrogens (primary N) is 2. The maximum atomic E-state index is 14.4. The van der Waals surface area contributed by atoms with Crippen molar-refractivity contribution in [2.75, 3.05) is 10.3 Å². The van der Waals surface area contributed by atoms with E-state index in [1.807, 2.05) is 0 Å². The van der Waals surface area contributed by atoms with Gasteiger partial charge < -0.3 is 20.6 Å². The molecule has 1 atom stereocenters. The predicted octanol–water partition coefficient (Wildman–Crippen LogP) is 2.32. The highest BCUT2D eigenvalue weighted by Crippen LogP contribution is 2.27. The summed E-state index contributed by atoms with van der Waals surface area (Å²) < 4.78 is 43.4. The topological polar surface area (TPSA) is 124 Å². The van der Waals surface area contributed by atoms with Gasteiger partial charge in [-0.15, -0.1) is 0 Å². The van der Waals surface area contributed by atoms with Crippen LogP contribution in [-0.2, 0) is 4.79 Å². The van der Waals surface area contributed by atoms with Crippen molar-refractivity contribution in [2.45, 2.75) is 26.0 Å². The van der Waals surface area contributed by atoms with Gasteiger partial charge >= 0.3 is 6.61 Å². The number of halogens is 3. The number of aldehydes is 1. The SMILES string of the molecule is CC(CC=O)N(N)c1nc(Nc2cccc(OC(F)F)c2)c(C(N)=O)cc1F. The molecule has 1 aromatic heterocycles. The summed E-state index contributed by atoms with van der Waals surface area (Å²) in [5.74, 6) is 3.31. The summed E-state index contributed by atoms with van der Waals surface area (Å²) in [6.07, 6.45) is 0.638. The summed E-state index contributed by atoms with van der Waals surface area (Å²) in [4.78, 5) is 26.3. The number of primary amides is 1. The van der Waals surface area contributed by atoms with Crippen molar-refractivity contribution in [3.63, 3.8) is 0 Å². The van der Waals surface area contributed by atoms with Crippen molar-refractivity contribution in [3.05, 3.63) is 41.7 Å². The first-order chi connectivity index (χ1) is 13.2. The quantitative estimate of drug-likeness (QED) is 0.337. The molecule has 0 radical (unpaired) electrons. The minimum Gasteiger partial charge on any atom is -0.435 e. The molecule has 0 spiro atoms. The molecule has 5 N–H and O–H groups in total. The lowest BCUT2D eigenvalue weighted by Crippen LogP contribution is -2.41. The molecule has 8 nitrogen and oxygen atoms in total. The number of amides is 1. The van der Waals surface area contributed by atoms with Gasteiger partial charge in [0.05, 0.1) is 11.6 Å². The van der Waals surface area contributed by atoms with Crippen LogP contribution in [0, 0.1) is 5.82 Å². The van der Waals surface area contributed by atoms with E-state index < -0.39 is 24.4 Å². The molecule has 28 heavy (non-hydrogen) atoms. The van der Waals surface area contributed by atoms with Crippen LogP contribution in [0.2, 0.25) is 0 Å². The first kappa shape index (κ1) is 21.0. The van der Waals surface area contributed by atoms with Crippen LogP contribution in [0.25, 0.3) is 0 Å². The summed E-state index contributed by atoms with van der Waals surface area (Å²) in [5.41, 5.74) is 5.22. The third-order valence-corrected chi connectivity index (χ3v) is 3.70. The zero-order chi connectivity index (χ0) is 20.8. The number of anilines is 3. The zero-order valence-electron chi connectivity index (χ0n) is 14.7. The van der Waals surface area contributed by atoms with Crippen molar-refractivity contribution >= 4 is 29.5 Å². The Kier molecular flexibility index (Phi) is 6.77. The second-order valence-corrected chi connectivity index (χ2v) is 5.74. The fourth-order valence-electron chi connectivity index (χ4n) is 2.29. The number of ether oxygens (including phenoxy) is 1. The molecule has 1 unspecified atom stereocenters. The first-order valence-electron chi connectivity index (χ1n) is 8.02. The van der Waals surface area contributed by atoms with Crippen LogP contribution < -0.4 is 26.6 Å². The van der Waals surface area contributed by atoms with Crippen molar-refractivity contribution in [1.82, 2.24) is 4.98 Å². The normalized spacial score (nSPS) is 11.8. The lowest BCUT2D eigenvalue weighted by molar-refractivity contribution is -0.108. The van der Waals surface area contributed by atoms with E-state index in [1.54, 1.807) is 6.92 Å². The average molecular weight is 397 g/mol. The smallest absolute Gasteiger partial charge is 0.387 e. The van der Waals surface area contributed by atoms with Crippen LogP contribution in [0.1, 0.15) is 23.7 Å².